The van der Waals surface area contributed by atoms with Gasteiger partial charge < -0.3 is 15.7 Å². The number of aliphatic hydroxyl groups is 1. The summed E-state index contributed by atoms with van der Waals surface area (Å²) in [6.45, 7) is 0.0389. The van der Waals surface area contributed by atoms with Crippen LogP contribution in [0.5, 0.6) is 0 Å². The lowest BCUT2D eigenvalue weighted by atomic mass is 10.0. The van der Waals surface area contributed by atoms with Crippen LogP contribution in [-0.4, -0.2) is 57.5 Å². The minimum Gasteiger partial charge on any atom is -0.396 e. The van der Waals surface area contributed by atoms with Crippen LogP contribution in [-0.2, 0) is 31.0 Å². The average Bonchev–Trinajstić information content (AvgIpc) is 3.39. The topological polar surface area (TPSA) is 160 Å². The van der Waals surface area contributed by atoms with Gasteiger partial charge in [0.2, 0.25) is 9.84 Å². The van der Waals surface area contributed by atoms with E-state index in [1.807, 2.05) is 0 Å². The van der Waals surface area contributed by atoms with E-state index >= 15 is 0 Å². The molecule has 0 atom stereocenters. The number of fused-ring (bicyclic) bond motifs is 1. The van der Waals surface area contributed by atoms with Crippen molar-refractivity contribution in [2.75, 3.05) is 24.2 Å². The predicted octanol–water partition coefficient (Wildman–Crippen LogP) is 2.88. The van der Waals surface area contributed by atoms with Crippen molar-refractivity contribution in [3.05, 3.63) is 81.7 Å². The van der Waals surface area contributed by atoms with Crippen molar-refractivity contribution in [3.63, 3.8) is 0 Å². The molecule has 3 N–H and O–H groups in total. The highest BCUT2D eigenvalue weighted by Gasteiger charge is 2.32. The van der Waals surface area contributed by atoms with Crippen molar-refractivity contribution in [1.29, 1.82) is 0 Å². The second-order valence-electron chi connectivity index (χ2n) is 9.18. The van der Waals surface area contributed by atoms with Gasteiger partial charge in [0.05, 0.1) is 32.7 Å². The van der Waals surface area contributed by atoms with Gasteiger partial charge in [-0.15, -0.1) is 11.3 Å². The first-order valence-corrected chi connectivity index (χ1v) is 16.3. The summed E-state index contributed by atoms with van der Waals surface area (Å²) < 4.78 is 50.9. The maximum atomic E-state index is 13.2. The van der Waals surface area contributed by atoms with Crippen molar-refractivity contribution >= 4 is 48.4 Å². The van der Waals surface area contributed by atoms with Gasteiger partial charge in [0, 0.05) is 47.3 Å². The molecule has 13 heteroatoms. The number of rotatable bonds is 8. The molecule has 2 heterocycles. The van der Waals surface area contributed by atoms with Crippen LogP contribution in [0.1, 0.15) is 28.1 Å². The van der Waals surface area contributed by atoms with E-state index in [4.69, 9.17) is 5.11 Å². The van der Waals surface area contributed by atoms with Crippen LogP contribution in [0.3, 0.4) is 0 Å². The standard InChI is InChI=1S/C27H25N3O7S3/c31-11-2-12-39(34,35)20-8-5-17(6-9-20)27-30-15-19(38-27)14-29-26(33)18-7-10-25-22(13-18)28-16-21-23(32)3-1-4-24(21)40(25,36)37/h1,4-10,13,15,28,31H,2-3,11-12,14,16H2,(H,29,33). The minimum absolute atomic E-state index is 0.00714. The molecule has 2 aliphatic rings. The van der Waals surface area contributed by atoms with Crippen LogP contribution in [0.15, 0.2) is 81.1 Å². The normalized spacial score (nSPS) is 16.1. The molecule has 0 fully saturated rings. The molecular formula is C27H25N3O7S3. The number of carbonyl (C=O) groups is 2. The predicted molar refractivity (Wildman–Crippen MR) is 150 cm³/mol. The summed E-state index contributed by atoms with van der Waals surface area (Å²) >= 11 is 1.34. The number of sulfone groups is 2. The lowest BCUT2D eigenvalue weighted by Gasteiger charge is -2.12. The summed E-state index contributed by atoms with van der Waals surface area (Å²) in [6.07, 6.45) is 4.94. The van der Waals surface area contributed by atoms with Gasteiger partial charge >= 0.3 is 0 Å². The Balaban J connectivity index is 1.26. The van der Waals surface area contributed by atoms with Gasteiger partial charge in [-0.1, -0.05) is 18.2 Å². The largest absolute Gasteiger partial charge is 0.396 e. The smallest absolute Gasteiger partial charge is 0.251 e. The van der Waals surface area contributed by atoms with Gasteiger partial charge in [-0.3, -0.25) is 9.59 Å². The molecule has 0 spiro atoms. The van der Waals surface area contributed by atoms with E-state index < -0.39 is 25.6 Å². The molecule has 5 rings (SSSR count). The number of anilines is 1. The summed E-state index contributed by atoms with van der Waals surface area (Å²) in [7, 11) is -7.39. The van der Waals surface area contributed by atoms with Crippen LogP contribution in [0, 0.1) is 0 Å². The number of aliphatic hydroxyl groups excluding tert-OH is 1. The van der Waals surface area contributed by atoms with Crippen molar-refractivity contribution in [3.8, 4) is 10.6 Å². The monoisotopic (exact) mass is 599 g/mol. The summed E-state index contributed by atoms with van der Waals surface area (Å²) in [5.41, 5.74) is 1.45. The lowest BCUT2D eigenvalue weighted by Crippen LogP contribution is -2.22. The maximum absolute atomic E-state index is 13.2. The van der Waals surface area contributed by atoms with Gasteiger partial charge in [0.15, 0.2) is 15.6 Å². The first-order chi connectivity index (χ1) is 19.1. The van der Waals surface area contributed by atoms with E-state index in [0.29, 0.717) is 5.01 Å². The summed E-state index contributed by atoms with van der Waals surface area (Å²) in [5.74, 6) is -0.787. The number of hydrogen-bond acceptors (Lipinski definition) is 10. The second-order valence-corrected chi connectivity index (χ2v) is 14.3. The third-order valence-electron chi connectivity index (χ3n) is 6.49. The molecule has 40 heavy (non-hydrogen) atoms. The Morgan fingerprint density at radius 1 is 1.15 bits per heavy atom. The second kappa shape index (κ2) is 11.1. The van der Waals surface area contributed by atoms with E-state index in [0.717, 1.165) is 10.4 Å². The number of allylic oxidation sites excluding steroid dienone is 2. The Kier molecular flexibility index (Phi) is 7.73. The van der Waals surface area contributed by atoms with Gasteiger partial charge in [-0.05, 0) is 42.8 Å². The Morgan fingerprint density at radius 2 is 1.93 bits per heavy atom. The van der Waals surface area contributed by atoms with E-state index in [1.54, 1.807) is 18.3 Å². The molecule has 0 bridgehead atoms. The zero-order valence-electron chi connectivity index (χ0n) is 21.1. The molecule has 1 amide bonds. The number of ketones is 1. The fourth-order valence-electron chi connectivity index (χ4n) is 4.39. The van der Waals surface area contributed by atoms with Crippen molar-refractivity contribution in [2.45, 2.75) is 29.2 Å². The van der Waals surface area contributed by atoms with Gasteiger partial charge in [0.1, 0.15) is 5.01 Å². The molecule has 1 aromatic heterocycles. The first-order valence-electron chi connectivity index (χ1n) is 12.3. The molecule has 208 valence electrons. The first kappa shape index (κ1) is 27.9. The highest BCUT2D eigenvalue weighted by molar-refractivity contribution is 7.95. The highest BCUT2D eigenvalue weighted by atomic mass is 32.2. The molecule has 2 aromatic carbocycles. The number of Topliss-reactive ketones (excluding diaryl/α,β-unsaturated/α-hetero) is 1. The Labute approximate surface area is 235 Å². The quantitative estimate of drug-likeness (QED) is 0.354. The number of nitrogens with zero attached hydrogens (tertiary/aromatic N) is 1. The molecule has 0 radical (unpaired) electrons. The number of aromatic nitrogens is 1. The highest BCUT2D eigenvalue weighted by Crippen LogP contribution is 2.35. The third kappa shape index (κ3) is 5.50. The lowest BCUT2D eigenvalue weighted by molar-refractivity contribution is -0.114. The van der Waals surface area contributed by atoms with Gasteiger partial charge in [0.25, 0.3) is 5.91 Å². The summed E-state index contributed by atoms with van der Waals surface area (Å²) in [6, 6.07) is 10.6. The maximum Gasteiger partial charge on any atom is 0.251 e. The van der Waals surface area contributed by atoms with Gasteiger partial charge in [-0.25, -0.2) is 21.8 Å². The average molecular weight is 600 g/mol. The van der Waals surface area contributed by atoms with Crippen LogP contribution in [0.2, 0.25) is 0 Å². The number of thiazole rings is 1. The van der Waals surface area contributed by atoms with E-state index in [9.17, 15) is 26.4 Å². The molecule has 3 aromatic rings. The van der Waals surface area contributed by atoms with Crippen LogP contribution in [0.4, 0.5) is 5.69 Å². The van der Waals surface area contributed by atoms with Crippen molar-refractivity contribution in [1.82, 2.24) is 10.3 Å². The SMILES string of the molecule is O=C1CC=CC2=C1CNc1cc(C(=O)NCc3cnc(-c4ccc(S(=O)(=O)CCCO)cc4)s3)ccc1S2(=O)=O. The molecular weight excluding hydrogens is 575 g/mol. The molecule has 1 aliphatic heterocycles. The summed E-state index contributed by atoms with van der Waals surface area (Å²) in [5, 5.41) is 15.4. The fourth-order valence-corrected chi connectivity index (χ4v) is 8.23. The molecule has 1 aliphatic carbocycles. The Hall–Kier alpha value is -3.65. The van der Waals surface area contributed by atoms with E-state index in [1.165, 1.54) is 53.8 Å². The van der Waals surface area contributed by atoms with Crippen molar-refractivity contribution in [2.24, 2.45) is 0 Å². The minimum atomic E-state index is -3.92. The van der Waals surface area contributed by atoms with Crippen LogP contribution < -0.4 is 10.6 Å². The van der Waals surface area contributed by atoms with Gasteiger partial charge in [-0.2, -0.15) is 0 Å². The fraction of sp³-hybridized carbons (Fsp3) is 0.222. The number of nitrogens with one attached hydrogen (secondary N) is 2. The Bertz CT molecular complexity index is 1770. The van der Waals surface area contributed by atoms with Crippen LogP contribution >= 0.6 is 11.3 Å². The van der Waals surface area contributed by atoms with E-state index in [-0.39, 0.29) is 75.6 Å². The Morgan fingerprint density at radius 3 is 2.67 bits per heavy atom. The zero-order chi connectivity index (χ0) is 28.5. The molecule has 0 unspecified atom stereocenters. The molecule has 10 nitrogen and oxygen atoms in total. The van der Waals surface area contributed by atoms with Crippen molar-refractivity contribution < 1.29 is 31.5 Å². The zero-order valence-corrected chi connectivity index (χ0v) is 23.5. The summed E-state index contributed by atoms with van der Waals surface area (Å²) in [4.78, 5) is 30.5. The van der Waals surface area contributed by atoms with Crippen LogP contribution in [0.25, 0.3) is 10.6 Å². The number of amides is 1. The number of benzene rings is 2. The number of hydrogen-bond donors (Lipinski definition) is 3. The third-order valence-corrected chi connectivity index (χ3v) is 11.3. The van der Waals surface area contributed by atoms with E-state index in [2.05, 4.69) is 15.6 Å². The number of carbonyl (C=O) groups excluding carboxylic acids is 2. The molecule has 0 saturated heterocycles. The molecule has 0 saturated carbocycles.